The van der Waals surface area contributed by atoms with Crippen LogP contribution in [0.15, 0.2) is 121 Å². The quantitative estimate of drug-likeness (QED) is 0.124. The number of carbonyl (C=O) groups is 4. The van der Waals surface area contributed by atoms with E-state index in [9.17, 15) is 19.2 Å². The minimum Gasteiger partial charge on any atom is -0.461 e. The number of nitrogens with zero attached hydrogens (tertiary/aromatic N) is 1. The van der Waals surface area contributed by atoms with Crippen LogP contribution in [0.1, 0.15) is 41.4 Å². The Balaban J connectivity index is 1.37. The fourth-order valence-corrected chi connectivity index (χ4v) is 5.68. The molecular formula is C34H29NO8S. The minimum atomic E-state index is -1.09. The zero-order valence-electron chi connectivity index (χ0n) is 23.5. The van der Waals surface area contributed by atoms with Gasteiger partial charge in [-0.15, -0.1) is 0 Å². The lowest BCUT2D eigenvalue weighted by Gasteiger charge is -2.26. The molecule has 0 bridgehead atoms. The van der Waals surface area contributed by atoms with Gasteiger partial charge < -0.3 is 18.9 Å². The Bertz CT molecular complexity index is 1550. The van der Waals surface area contributed by atoms with Crippen LogP contribution in [0.25, 0.3) is 0 Å². The van der Waals surface area contributed by atoms with E-state index >= 15 is 0 Å². The summed E-state index contributed by atoms with van der Waals surface area (Å²) in [5.41, 5.74) is 1.38. The molecule has 1 aliphatic rings. The minimum absolute atomic E-state index is 0.0456. The molecule has 0 radical (unpaired) electrons. The van der Waals surface area contributed by atoms with Gasteiger partial charge in [0.2, 0.25) is 6.23 Å². The van der Waals surface area contributed by atoms with Crippen molar-refractivity contribution in [2.75, 3.05) is 19.8 Å². The van der Waals surface area contributed by atoms with Crippen LogP contribution in [0.2, 0.25) is 0 Å². The molecule has 0 N–H and O–H groups in total. The van der Waals surface area contributed by atoms with Gasteiger partial charge in [0.1, 0.15) is 13.2 Å². The zero-order valence-corrected chi connectivity index (χ0v) is 24.3. The first-order valence-electron chi connectivity index (χ1n) is 13.9. The molecule has 0 saturated carbocycles. The van der Waals surface area contributed by atoms with E-state index in [-0.39, 0.29) is 19.8 Å². The predicted octanol–water partition coefficient (Wildman–Crippen LogP) is 5.44. The fraction of sp³-hybridized carbons (Fsp3) is 0.176. The molecule has 1 aliphatic heterocycles. The summed E-state index contributed by atoms with van der Waals surface area (Å²) in [7, 11) is 0. The second kappa shape index (κ2) is 15.0. The Labute approximate surface area is 258 Å². The average molecular weight is 612 g/mol. The van der Waals surface area contributed by atoms with Gasteiger partial charge in [-0.2, -0.15) is 0 Å². The molecule has 44 heavy (non-hydrogen) atoms. The highest BCUT2D eigenvalue weighted by molar-refractivity contribution is 7.98. The Kier molecular flexibility index (Phi) is 10.4. The van der Waals surface area contributed by atoms with Gasteiger partial charge in [0.15, 0.2) is 6.10 Å². The molecular weight excluding hydrogens is 582 g/mol. The number of ether oxygens (including phenoxy) is 4. The molecule has 1 fully saturated rings. The number of rotatable bonds is 11. The maximum Gasteiger partial charge on any atom is 0.339 e. The smallest absolute Gasteiger partial charge is 0.339 e. The third kappa shape index (κ3) is 7.91. The predicted molar refractivity (Wildman–Crippen MR) is 163 cm³/mol. The van der Waals surface area contributed by atoms with Crippen molar-refractivity contribution in [3.63, 3.8) is 0 Å². The highest BCUT2D eigenvalue weighted by atomic mass is 32.2. The highest BCUT2D eigenvalue weighted by Gasteiger charge is 2.48. The third-order valence-corrected chi connectivity index (χ3v) is 7.97. The van der Waals surface area contributed by atoms with Crippen LogP contribution in [0.3, 0.4) is 0 Å². The monoisotopic (exact) mass is 611 g/mol. The van der Waals surface area contributed by atoms with Crippen LogP contribution >= 0.6 is 11.9 Å². The Morgan fingerprint density at radius 1 is 0.545 bits per heavy atom. The molecule has 224 valence electrons. The van der Waals surface area contributed by atoms with Gasteiger partial charge in [-0.05, 0) is 48.5 Å². The first-order valence-corrected chi connectivity index (χ1v) is 14.7. The number of hydrogen-bond acceptors (Lipinski definition) is 10. The molecule has 10 heteroatoms. The lowest BCUT2D eigenvalue weighted by Crippen LogP contribution is -2.44. The van der Waals surface area contributed by atoms with Crippen molar-refractivity contribution in [2.24, 2.45) is 0 Å². The van der Waals surface area contributed by atoms with E-state index < -0.39 is 41.5 Å². The number of benzene rings is 4. The third-order valence-electron chi connectivity index (χ3n) is 6.63. The van der Waals surface area contributed by atoms with Crippen LogP contribution in [0, 0.1) is 0 Å². The lowest BCUT2D eigenvalue weighted by molar-refractivity contribution is -0.0681. The highest BCUT2D eigenvalue weighted by Crippen LogP contribution is 2.38. The van der Waals surface area contributed by atoms with Crippen molar-refractivity contribution in [3.8, 4) is 0 Å². The van der Waals surface area contributed by atoms with E-state index in [1.807, 2.05) is 0 Å². The van der Waals surface area contributed by atoms with E-state index in [0.717, 1.165) is 0 Å². The zero-order chi connectivity index (χ0) is 30.7. The van der Waals surface area contributed by atoms with Gasteiger partial charge in [-0.3, -0.25) is 0 Å². The Morgan fingerprint density at radius 2 is 0.955 bits per heavy atom. The molecule has 0 amide bonds. The van der Waals surface area contributed by atoms with Gasteiger partial charge in [-0.1, -0.05) is 84.7 Å². The summed E-state index contributed by atoms with van der Waals surface area (Å²) >= 11 is 1.20. The Hall–Kier alpha value is -4.93. The van der Waals surface area contributed by atoms with E-state index in [2.05, 4.69) is 0 Å². The molecule has 4 aromatic carbocycles. The summed E-state index contributed by atoms with van der Waals surface area (Å²) in [5, 5.41) is -0.645. The SMILES string of the molecule is O=C(OCCN1S[C@@H](COC(=O)c2ccccc2)[C@H](OC(=O)c2ccccc2)[C@@H]1OC(=O)c1ccccc1)c1ccccc1. The first kappa shape index (κ1) is 30.5. The first-order chi connectivity index (χ1) is 21.5. The molecule has 4 aromatic rings. The molecule has 0 spiro atoms. The average Bonchev–Trinajstić information content (AvgIpc) is 3.39. The van der Waals surface area contributed by atoms with Crippen molar-refractivity contribution >= 4 is 35.8 Å². The molecule has 0 unspecified atom stereocenters. The van der Waals surface area contributed by atoms with E-state index in [4.69, 9.17) is 18.9 Å². The van der Waals surface area contributed by atoms with Crippen molar-refractivity contribution in [1.29, 1.82) is 0 Å². The van der Waals surface area contributed by atoms with Gasteiger partial charge >= 0.3 is 23.9 Å². The molecule has 0 aromatic heterocycles. The van der Waals surface area contributed by atoms with Crippen LogP contribution in [-0.2, 0) is 18.9 Å². The molecule has 1 saturated heterocycles. The second-order valence-electron chi connectivity index (χ2n) is 9.65. The van der Waals surface area contributed by atoms with Crippen molar-refractivity contribution in [1.82, 2.24) is 4.31 Å². The van der Waals surface area contributed by atoms with Gasteiger partial charge in [0.05, 0.1) is 27.5 Å². The summed E-state index contributed by atoms with van der Waals surface area (Å²) in [6.45, 7) is -0.0701. The molecule has 3 atom stereocenters. The van der Waals surface area contributed by atoms with Crippen molar-refractivity contribution in [2.45, 2.75) is 17.6 Å². The van der Waals surface area contributed by atoms with Crippen LogP contribution in [-0.4, -0.2) is 65.5 Å². The number of esters is 4. The molecule has 9 nitrogen and oxygen atoms in total. The van der Waals surface area contributed by atoms with Crippen LogP contribution in [0.4, 0.5) is 0 Å². The fourth-order valence-electron chi connectivity index (χ4n) is 4.43. The maximum absolute atomic E-state index is 13.2. The van der Waals surface area contributed by atoms with Crippen molar-refractivity contribution in [3.05, 3.63) is 144 Å². The topological polar surface area (TPSA) is 108 Å². The van der Waals surface area contributed by atoms with Crippen LogP contribution < -0.4 is 0 Å². The number of carbonyl (C=O) groups excluding carboxylic acids is 4. The van der Waals surface area contributed by atoms with E-state index in [1.54, 1.807) is 126 Å². The summed E-state index contributed by atoms with van der Waals surface area (Å²) in [6.07, 6.45) is -2.12. The maximum atomic E-state index is 13.2. The van der Waals surface area contributed by atoms with E-state index in [1.165, 1.54) is 11.9 Å². The lowest BCUT2D eigenvalue weighted by atomic mass is 10.2. The molecule has 1 heterocycles. The Morgan fingerprint density at radius 3 is 1.43 bits per heavy atom. The molecule has 0 aliphatic carbocycles. The standard InChI is InChI=1S/C34H29NO8S/c36-31(24-13-5-1-6-14-24)40-22-21-35-30(43-34(39)27-19-11-4-12-20-27)29(42-33(38)26-17-9-3-10-18-26)28(44-35)23-41-32(37)25-15-7-2-8-16-25/h1-20,28-30H,21-23H2/t28-,29-,30-/m0/s1. The molecule has 5 rings (SSSR count). The number of hydrogen-bond donors (Lipinski definition) is 0. The summed E-state index contributed by atoms with van der Waals surface area (Å²) < 4.78 is 24.6. The van der Waals surface area contributed by atoms with Gasteiger partial charge in [0, 0.05) is 6.54 Å². The van der Waals surface area contributed by atoms with Crippen LogP contribution in [0.5, 0.6) is 0 Å². The van der Waals surface area contributed by atoms with Gasteiger partial charge in [-0.25, -0.2) is 23.5 Å². The second-order valence-corrected chi connectivity index (χ2v) is 10.9. The summed E-state index contributed by atoms with van der Waals surface area (Å²) in [4.78, 5) is 51.7. The van der Waals surface area contributed by atoms with Crippen molar-refractivity contribution < 1.29 is 38.1 Å². The summed E-state index contributed by atoms with van der Waals surface area (Å²) in [6, 6.07) is 33.9. The normalized spacial score (nSPS) is 17.8. The largest absolute Gasteiger partial charge is 0.461 e. The van der Waals surface area contributed by atoms with E-state index in [0.29, 0.717) is 22.3 Å². The summed E-state index contributed by atoms with van der Waals surface area (Å²) in [5.74, 6) is -2.32. The van der Waals surface area contributed by atoms with Gasteiger partial charge in [0.25, 0.3) is 0 Å².